The fraction of sp³-hybridized carbons (Fsp3) is 0.538. The normalized spacial score (nSPS) is 13.1. The molecule has 100 valence electrons. The van der Waals surface area contributed by atoms with E-state index in [9.17, 15) is 9.59 Å². The molecule has 0 aliphatic heterocycles. The zero-order chi connectivity index (χ0) is 13.8. The number of rotatable bonds is 5. The van der Waals surface area contributed by atoms with Crippen LogP contribution >= 0.6 is 11.3 Å². The summed E-state index contributed by atoms with van der Waals surface area (Å²) in [6.07, 6.45) is 0.0637. The van der Waals surface area contributed by atoms with Crippen molar-refractivity contribution >= 4 is 23.2 Å². The molecular weight excluding hydrogens is 250 g/mol. The first kappa shape index (κ1) is 14.7. The lowest BCUT2D eigenvalue weighted by molar-refractivity contribution is -0.139. The summed E-state index contributed by atoms with van der Waals surface area (Å²) in [6.45, 7) is 6.33. The molecule has 0 spiro atoms. The van der Waals surface area contributed by atoms with Gasteiger partial charge in [0.15, 0.2) is 0 Å². The third kappa shape index (κ3) is 4.49. The van der Waals surface area contributed by atoms with E-state index in [1.807, 2.05) is 32.2 Å². The highest BCUT2D eigenvalue weighted by molar-refractivity contribution is 7.12. The zero-order valence-corrected chi connectivity index (χ0v) is 11.7. The number of thiophene rings is 1. The Morgan fingerprint density at radius 1 is 1.44 bits per heavy atom. The molecule has 4 nitrogen and oxygen atoms in total. The van der Waals surface area contributed by atoms with Crippen molar-refractivity contribution in [2.75, 3.05) is 6.54 Å². The van der Waals surface area contributed by atoms with Crippen LogP contribution in [-0.4, -0.2) is 23.5 Å². The lowest BCUT2D eigenvalue weighted by Crippen LogP contribution is -2.36. The second-order valence-electron chi connectivity index (χ2n) is 5.35. The highest BCUT2D eigenvalue weighted by Gasteiger charge is 2.27. The Morgan fingerprint density at radius 2 is 2.11 bits per heavy atom. The quantitative estimate of drug-likeness (QED) is 0.863. The number of carbonyl (C=O) groups is 2. The summed E-state index contributed by atoms with van der Waals surface area (Å²) in [5, 5.41) is 13.5. The largest absolute Gasteiger partial charge is 0.481 e. The van der Waals surface area contributed by atoms with Crippen molar-refractivity contribution in [3.8, 4) is 0 Å². The van der Waals surface area contributed by atoms with Gasteiger partial charge in [0, 0.05) is 6.54 Å². The molecule has 1 amide bonds. The van der Waals surface area contributed by atoms with Crippen LogP contribution in [-0.2, 0) is 4.79 Å². The van der Waals surface area contributed by atoms with Gasteiger partial charge in [0.1, 0.15) is 0 Å². The van der Waals surface area contributed by atoms with Crippen LogP contribution in [0.15, 0.2) is 17.5 Å². The number of aliphatic carboxylic acids is 1. The van der Waals surface area contributed by atoms with E-state index in [1.54, 1.807) is 6.07 Å². The van der Waals surface area contributed by atoms with Gasteiger partial charge >= 0.3 is 5.97 Å². The Labute approximate surface area is 111 Å². The van der Waals surface area contributed by atoms with Gasteiger partial charge in [-0.25, -0.2) is 0 Å². The van der Waals surface area contributed by atoms with Crippen LogP contribution in [0.25, 0.3) is 0 Å². The summed E-state index contributed by atoms with van der Waals surface area (Å²) in [7, 11) is 0. The monoisotopic (exact) mass is 269 g/mol. The molecule has 1 rings (SSSR count). The minimum Gasteiger partial charge on any atom is -0.481 e. The maximum absolute atomic E-state index is 11.8. The molecule has 0 aromatic carbocycles. The molecule has 1 aromatic heterocycles. The fourth-order valence-electron chi connectivity index (χ4n) is 1.61. The Balaban J connectivity index is 2.57. The molecule has 0 radical (unpaired) electrons. The van der Waals surface area contributed by atoms with Gasteiger partial charge in [0.2, 0.25) is 0 Å². The molecule has 0 aliphatic carbocycles. The summed E-state index contributed by atoms with van der Waals surface area (Å²) in [6, 6.07) is 3.57. The van der Waals surface area contributed by atoms with Crippen LogP contribution in [0, 0.1) is 11.3 Å². The predicted molar refractivity (Wildman–Crippen MR) is 71.9 cm³/mol. The van der Waals surface area contributed by atoms with E-state index in [0.29, 0.717) is 11.4 Å². The number of carboxylic acids is 1. The van der Waals surface area contributed by atoms with Crippen LogP contribution < -0.4 is 5.32 Å². The molecule has 1 unspecified atom stereocenters. The Hall–Kier alpha value is -1.36. The van der Waals surface area contributed by atoms with E-state index in [-0.39, 0.29) is 23.7 Å². The van der Waals surface area contributed by atoms with Crippen LogP contribution in [0.2, 0.25) is 0 Å². The fourth-order valence-corrected chi connectivity index (χ4v) is 2.25. The molecule has 0 fully saturated rings. The van der Waals surface area contributed by atoms with Crippen LogP contribution in [0.5, 0.6) is 0 Å². The summed E-state index contributed by atoms with van der Waals surface area (Å²) >= 11 is 1.38. The summed E-state index contributed by atoms with van der Waals surface area (Å²) in [5.41, 5.74) is -0.152. The maximum atomic E-state index is 11.8. The standard InChI is InChI=1S/C13H19NO3S/c1-13(2,3)9(7-11(15)16)8-14-12(17)10-5-4-6-18-10/h4-6,9H,7-8H2,1-3H3,(H,14,17)(H,15,16). The van der Waals surface area contributed by atoms with E-state index in [0.717, 1.165) is 0 Å². The van der Waals surface area contributed by atoms with Gasteiger partial charge in [0.25, 0.3) is 5.91 Å². The van der Waals surface area contributed by atoms with E-state index in [1.165, 1.54) is 11.3 Å². The minimum atomic E-state index is -0.833. The van der Waals surface area contributed by atoms with E-state index >= 15 is 0 Å². The molecule has 1 aromatic rings. The Kier molecular flexibility index (Phi) is 4.90. The SMILES string of the molecule is CC(C)(C)C(CNC(=O)c1cccs1)CC(=O)O. The van der Waals surface area contributed by atoms with E-state index < -0.39 is 5.97 Å². The predicted octanol–water partition coefficient (Wildman–Crippen LogP) is 2.61. The molecule has 1 atom stereocenters. The third-order valence-corrected chi connectivity index (χ3v) is 3.77. The second kappa shape index (κ2) is 6.00. The van der Waals surface area contributed by atoms with Gasteiger partial charge in [0.05, 0.1) is 11.3 Å². The molecule has 0 saturated heterocycles. The molecule has 0 aliphatic rings. The summed E-state index contributed by atoms with van der Waals surface area (Å²) in [5.74, 6) is -1.05. The molecule has 0 bridgehead atoms. The third-order valence-electron chi connectivity index (χ3n) is 2.90. The highest BCUT2D eigenvalue weighted by atomic mass is 32.1. The second-order valence-corrected chi connectivity index (χ2v) is 6.30. The topological polar surface area (TPSA) is 66.4 Å². The molecular formula is C13H19NO3S. The van der Waals surface area contributed by atoms with Crippen molar-refractivity contribution in [1.82, 2.24) is 5.32 Å². The average molecular weight is 269 g/mol. The Morgan fingerprint density at radius 3 is 2.56 bits per heavy atom. The first-order valence-corrected chi connectivity index (χ1v) is 6.72. The lowest BCUT2D eigenvalue weighted by Gasteiger charge is -2.29. The van der Waals surface area contributed by atoms with Gasteiger partial charge in [-0.05, 0) is 22.8 Å². The van der Waals surface area contributed by atoms with Gasteiger partial charge < -0.3 is 10.4 Å². The van der Waals surface area contributed by atoms with Crippen molar-refractivity contribution in [3.05, 3.63) is 22.4 Å². The van der Waals surface area contributed by atoms with Gasteiger partial charge in [-0.1, -0.05) is 26.8 Å². The van der Waals surface area contributed by atoms with Crippen molar-refractivity contribution in [2.24, 2.45) is 11.3 Å². The van der Waals surface area contributed by atoms with Crippen molar-refractivity contribution in [1.29, 1.82) is 0 Å². The molecule has 18 heavy (non-hydrogen) atoms. The first-order chi connectivity index (χ1) is 8.30. The summed E-state index contributed by atoms with van der Waals surface area (Å²) in [4.78, 5) is 23.2. The van der Waals surface area contributed by atoms with Crippen molar-refractivity contribution in [3.63, 3.8) is 0 Å². The molecule has 0 saturated carbocycles. The number of amides is 1. The highest BCUT2D eigenvalue weighted by Crippen LogP contribution is 2.28. The van der Waals surface area contributed by atoms with Gasteiger partial charge in [-0.3, -0.25) is 9.59 Å². The average Bonchev–Trinajstić information content (AvgIpc) is 2.74. The lowest BCUT2D eigenvalue weighted by atomic mass is 9.78. The first-order valence-electron chi connectivity index (χ1n) is 5.84. The number of hydrogen-bond donors (Lipinski definition) is 2. The Bertz CT molecular complexity index is 406. The summed E-state index contributed by atoms with van der Waals surface area (Å²) < 4.78 is 0. The number of hydrogen-bond acceptors (Lipinski definition) is 3. The maximum Gasteiger partial charge on any atom is 0.303 e. The van der Waals surface area contributed by atoms with Crippen LogP contribution in [0.1, 0.15) is 36.9 Å². The van der Waals surface area contributed by atoms with Crippen LogP contribution in [0.3, 0.4) is 0 Å². The number of nitrogens with one attached hydrogen (secondary N) is 1. The van der Waals surface area contributed by atoms with Gasteiger partial charge in [-0.2, -0.15) is 0 Å². The van der Waals surface area contributed by atoms with Gasteiger partial charge in [-0.15, -0.1) is 11.3 Å². The van der Waals surface area contributed by atoms with Crippen molar-refractivity contribution in [2.45, 2.75) is 27.2 Å². The van der Waals surface area contributed by atoms with E-state index in [2.05, 4.69) is 5.32 Å². The minimum absolute atomic E-state index is 0.0637. The zero-order valence-electron chi connectivity index (χ0n) is 10.9. The number of carboxylic acid groups (broad SMARTS) is 1. The molecule has 1 heterocycles. The van der Waals surface area contributed by atoms with Crippen LogP contribution in [0.4, 0.5) is 0 Å². The number of carbonyl (C=O) groups excluding carboxylic acids is 1. The smallest absolute Gasteiger partial charge is 0.303 e. The molecule has 2 N–H and O–H groups in total. The van der Waals surface area contributed by atoms with E-state index in [4.69, 9.17) is 5.11 Å². The molecule has 5 heteroatoms. The van der Waals surface area contributed by atoms with Crippen molar-refractivity contribution < 1.29 is 14.7 Å².